The molecule has 0 aliphatic heterocycles. The van der Waals surface area contributed by atoms with Gasteiger partial charge in [-0.15, -0.1) is 0 Å². The van der Waals surface area contributed by atoms with Gasteiger partial charge in [0.1, 0.15) is 0 Å². The molecule has 0 atom stereocenters. The highest BCUT2D eigenvalue weighted by molar-refractivity contribution is 7.10. The molecule has 0 spiro atoms. The van der Waals surface area contributed by atoms with Crippen LogP contribution in [0.15, 0.2) is 60.7 Å². The maximum atomic E-state index is 12.0. The Balaban J connectivity index is 1.64. The number of anilines is 2. The number of carbonyl (C=O) groups is 2. The minimum Gasteiger partial charge on any atom is -0.297 e. The Labute approximate surface area is 136 Å². The molecule has 3 aromatic rings. The van der Waals surface area contributed by atoms with Gasteiger partial charge in [-0.1, -0.05) is 36.4 Å². The van der Waals surface area contributed by atoms with Crippen LogP contribution in [0.4, 0.5) is 11.1 Å². The van der Waals surface area contributed by atoms with Crippen LogP contribution >= 0.6 is 11.5 Å². The van der Waals surface area contributed by atoms with Crippen molar-refractivity contribution in [1.82, 2.24) is 9.36 Å². The summed E-state index contributed by atoms with van der Waals surface area (Å²) in [4.78, 5) is 28.1. The van der Waals surface area contributed by atoms with Gasteiger partial charge in [-0.2, -0.15) is 9.36 Å². The summed E-state index contributed by atoms with van der Waals surface area (Å²) in [7, 11) is 0. The van der Waals surface area contributed by atoms with Gasteiger partial charge in [0, 0.05) is 22.7 Å². The van der Waals surface area contributed by atoms with E-state index in [1.54, 1.807) is 48.5 Å². The van der Waals surface area contributed by atoms with E-state index in [1.165, 1.54) is 0 Å². The van der Waals surface area contributed by atoms with Gasteiger partial charge >= 0.3 is 0 Å². The van der Waals surface area contributed by atoms with Crippen molar-refractivity contribution in [2.75, 3.05) is 10.6 Å². The molecule has 23 heavy (non-hydrogen) atoms. The van der Waals surface area contributed by atoms with E-state index in [4.69, 9.17) is 0 Å². The van der Waals surface area contributed by atoms with Crippen molar-refractivity contribution >= 4 is 34.4 Å². The van der Waals surface area contributed by atoms with Gasteiger partial charge in [-0.25, -0.2) is 0 Å². The van der Waals surface area contributed by atoms with Crippen molar-refractivity contribution in [2.45, 2.75) is 0 Å². The summed E-state index contributed by atoms with van der Waals surface area (Å²) in [6.07, 6.45) is 0. The fourth-order valence-corrected chi connectivity index (χ4v) is 2.37. The second kappa shape index (κ2) is 6.80. The van der Waals surface area contributed by atoms with Gasteiger partial charge in [0.2, 0.25) is 11.1 Å². The summed E-state index contributed by atoms with van der Waals surface area (Å²) in [5.74, 6) is -0.417. The number of rotatable bonds is 4. The normalized spacial score (nSPS) is 10.1. The maximum Gasteiger partial charge on any atom is 0.258 e. The lowest BCUT2D eigenvalue weighted by Crippen LogP contribution is -2.13. The van der Waals surface area contributed by atoms with Crippen LogP contribution in [-0.2, 0) is 0 Å². The topological polar surface area (TPSA) is 84.0 Å². The molecule has 2 aromatic carbocycles. The van der Waals surface area contributed by atoms with Crippen molar-refractivity contribution in [3.63, 3.8) is 0 Å². The predicted molar refractivity (Wildman–Crippen MR) is 88.7 cm³/mol. The Morgan fingerprint density at radius 3 is 1.87 bits per heavy atom. The molecular weight excluding hydrogens is 312 g/mol. The van der Waals surface area contributed by atoms with E-state index in [1.807, 2.05) is 12.1 Å². The Bertz CT molecular complexity index is 750. The van der Waals surface area contributed by atoms with E-state index in [0.717, 1.165) is 11.5 Å². The minimum atomic E-state index is -0.302. The van der Waals surface area contributed by atoms with Crippen molar-refractivity contribution in [3.8, 4) is 0 Å². The van der Waals surface area contributed by atoms with Crippen molar-refractivity contribution in [3.05, 3.63) is 71.8 Å². The number of benzene rings is 2. The van der Waals surface area contributed by atoms with E-state index in [-0.39, 0.29) is 17.8 Å². The quantitative estimate of drug-likeness (QED) is 0.772. The van der Waals surface area contributed by atoms with Crippen molar-refractivity contribution < 1.29 is 9.59 Å². The van der Waals surface area contributed by atoms with Crippen LogP contribution in [0.25, 0.3) is 0 Å². The van der Waals surface area contributed by atoms with Gasteiger partial charge in [0.15, 0.2) is 0 Å². The predicted octanol–water partition coefficient (Wildman–Crippen LogP) is 3.04. The van der Waals surface area contributed by atoms with Crippen LogP contribution < -0.4 is 10.6 Å². The highest BCUT2D eigenvalue weighted by Gasteiger charge is 2.12. The molecule has 6 nitrogen and oxygen atoms in total. The summed E-state index contributed by atoms with van der Waals surface area (Å²) in [6.45, 7) is 0. The Kier molecular flexibility index (Phi) is 4.39. The number of aromatic nitrogens is 2. The Hall–Kier alpha value is -3.06. The lowest BCUT2D eigenvalue weighted by molar-refractivity contribution is 0.101. The lowest BCUT2D eigenvalue weighted by Gasteiger charge is -2.01. The van der Waals surface area contributed by atoms with E-state index < -0.39 is 0 Å². The van der Waals surface area contributed by atoms with Crippen LogP contribution in [0.2, 0.25) is 0 Å². The number of amides is 2. The molecule has 2 N–H and O–H groups in total. The van der Waals surface area contributed by atoms with Gasteiger partial charge in [-0.3, -0.25) is 20.2 Å². The highest BCUT2D eigenvalue weighted by Crippen LogP contribution is 2.16. The first-order valence-corrected chi connectivity index (χ1v) is 7.56. The fraction of sp³-hybridized carbons (Fsp3) is 0. The number of nitrogens with zero attached hydrogens (tertiary/aromatic N) is 2. The molecule has 114 valence electrons. The molecular formula is C16H12N4O2S. The molecule has 0 aliphatic rings. The summed E-state index contributed by atoms with van der Waals surface area (Å²) in [5, 5.41) is 5.56. The van der Waals surface area contributed by atoms with Crippen LogP contribution in [-0.4, -0.2) is 21.2 Å². The lowest BCUT2D eigenvalue weighted by atomic mass is 10.2. The summed E-state index contributed by atoms with van der Waals surface area (Å²) >= 11 is 1.00. The minimum absolute atomic E-state index is 0.159. The fourth-order valence-electron chi connectivity index (χ4n) is 1.85. The molecule has 0 saturated heterocycles. The standard InChI is InChI=1S/C16H12N4O2S/c21-13(11-7-3-1-4-8-11)17-15-19-16(23-20-15)18-14(22)12-9-5-2-6-10-12/h1-10H,(H2,17,18,19,20,21,22). The van der Waals surface area contributed by atoms with Crippen LogP contribution in [0.1, 0.15) is 20.7 Å². The monoisotopic (exact) mass is 324 g/mol. The van der Waals surface area contributed by atoms with Crippen LogP contribution in [0, 0.1) is 0 Å². The van der Waals surface area contributed by atoms with E-state index in [2.05, 4.69) is 20.0 Å². The molecule has 7 heteroatoms. The third kappa shape index (κ3) is 3.78. The number of carbonyl (C=O) groups excluding carboxylic acids is 2. The molecule has 1 aromatic heterocycles. The smallest absolute Gasteiger partial charge is 0.258 e. The van der Waals surface area contributed by atoms with Gasteiger partial charge < -0.3 is 0 Å². The van der Waals surface area contributed by atoms with E-state index in [0.29, 0.717) is 16.3 Å². The largest absolute Gasteiger partial charge is 0.297 e. The molecule has 0 radical (unpaired) electrons. The zero-order chi connectivity index (χ0) is 16.1. The van der Waals surface area contributed by atoms with Crippen molar-refractivity contribution in [1.29, 1.82) is 0 Å². The first kappa shape index (κ1) is 14.9. The third-order valence-corrected chi connectivity index (χ3v) is 3.57. The van der Waals surface area contributed by atoms with Gasteiger partial charge in [0.05, 0.1) is 0 Å². The molecule has 3 rings (SSSR count). The molecule has 0 aliphatic carbocycles. The maximum absolute atomic E-state index is 12.0. The van der Waals surface area contributed by atoms with Crippen molar-refractivity contribution in [2.24, 2.45) is 0 Å². The molecule has 0 fully saturated rings. The zero-order valence-corrected chi connectivity index (χ0v) is 12.7. The second-order valence-electron chi connectivity index (χ2n) is 4.56. The molecule has 0 bridgehead atoms. The van der Waals surface area contributed by atoms with Gasteiger partial charge in [-0.05, 0) is 24.3 Å². The average molecular weight is 324 g/mol. The number of hydrogen-bond donors (Lipinski definition) is 2. The molecule has 0 saturated carbocycles. The number of hydrogen-bond acceptors (Lipinski definition) is 5. The first-order valence-electron chi connectivity index (χ1n) is 6.79. The van der Waals surface area contributed by atoms with Gasteiger partial charge in [0.25, 0.3) is 11.8 Å². The Morgan fingerprint density at radius 1 is 0.783 bits per heavy atom. The molecule has 2 amide bonds. The molecule has 1 heterocycles. The summed E-state index contributed by atoms with van der Waals surface area (Å²) in [5.41, 5.74) is 1.04. The Morgan fingerprint density at radius 2 is 1.30 bits per heavy atom. The van der Waals surface area contributed by atoms with E-state index >= 15 is 0 Å². The SMILES string of the molecule is O=C(Nc1nsc(NC(=O)c2ccccc2)n1)c1ccccc1. The first-order chi connectivity index (χ1) is 11.2. The average Bonchev–Trinajstić information content (AvgIpc) is 3.03. The summed E-state index contributed by atoms with van der Waals surface area (Å²) < 4.78 is 4.01. The zero-order valence-electron chi connectivity index (χ0n) is 11.9. The van der Waals surface area contributed by atoms with E-state index in [9.17, 15) is 9.59 Å². The number of nitrogens with one attached hydrogen (secondary N) is 2. The summed E-state index contributed by atoms with van der Waals surface area (Å²) in [6, 6.07) is 17.6. The van der Waals surface area contributed by atoms with Crippen LogP contribution in [0.3, 0.4) is 0 Å². The van der Waals surface area contributed by atoms with Crippen LogP contribution in [0.5, 0.6) is 0 Å². The second-order valence-corrected chi connectivity index (χ2v) is 5.32. The third-order valence-electron chi connectivity index (χ3n) is 2.94. The highest BCUT2D eigenvalue weighted by atomic mass is 32.1. The molecule has 0 unspecified atom stereocenters.